The predicted octanol–water partition coefficient (Wildman–Crippen LogP) is 3.19. The molecule has 0 bridgehead atoms. The van der Waals surface area contributed by atoms with Gasteiger partial charge in [-0.1, -0.05) is 0 Å². The lowest BCUT2D eigenvalue weighted by molar-refractivity contribution is 1.19. The second-order valence-electron chi connectivity index (χ2n) is 4.66. The van der Waals surface area contributed by atoms with E-state index in [-0.39, 0.29) is 0 Å². The maximum atomic E-state index is 4.50. The normalized spacial score (nSPS) is 11.4. The molecule has 0 atom stereocenters. The molecule has 1 N–H and O–H groups in total. The summed E-state index contributed by atoms with van der Waals surface area (Å²) in [6.07, 6.45) is 7.86. The number of H-pyrrole nitrogens is 1. The third-order valence-electron chi connectivity index (χ3n) is 3.38. The highest BCUT2D eigenvalue weighted by atomic mass is 15.0. The van der Waals surface area contributed by atoms with Gasteiger partial charge >= 0.3 is 0 Å². The number of hydrogen-bond acceptors (Lipinski definition) is 2. The zero-order valence-electron chi connectivity index (χ0n) is 10.5. The number of aromatic nitrogens is 4. The number of aromatic amines is 1. The zero-order valence-corrected chi connectivity index (χ0v) is 10.5. The van der Waals surface area contributed by atoms with Gasteiger partial charge in [-0.05, 0) is 31.2 Å². The van der Waals surface area contributed by atoms with Gasteiger partial charge in [0.05, 0.1) is 0 Å². The Kier molecular flexibility index (Phi) is 2.00. The number of aryl methyl sites for hydroxylation is 1. The van der Waals surface area contributed by atoms with Crippen LogP contribution in [0.5, 0.6) is 0 Å². The molecule has 4 heteroatoms. The van der Waals surface area contributed by atoms with Crippen molar-refractivity contribution >= 4 is 16.7 Å². The van der Waals surface area contributed by atoms with E-state index in [1.807, 2.05) is 35.9 Å². The van der Waals surface area contributed by atoms with E-state index in [1.54, 1.807) is 6.20 Å². The van der Waals surface area contributed by atoms with Crippen LogP contribution in [0.15, 0.2) is 49.1 Å². The van der Waals surface area contributed by atoms with Crippen LogP contribution in [0.4, 0.5) is 0 Å². The third-order valence-corrected chi connectivity index (χ3v) is 3.38. The quantitative estimate of drug-likeness (QED) is 0.562. The molecule has 0 aliphatic heterocycles. The molecule has 0 fully saturated rings. The molecule has 0 amide bonds. The molecule has 92 valence electrons. The molecule has 0 saturated carbocycles. The fourth-order valence-corrected chi connectivity index (χ4v) is 2.42. The van der Waals surface area contributed by atoms with E-state index >= 15 is 0 Å². The molecule has 0 saturated heterocycles. The van der Waals surface area contributed by atoms with Crippen molar-refractivity contribution < 1.29 is 0 Å². The van der Waals surface area contributed by atoms with Crippen LogP contribution in [0, 0.1) is 6.92 Å². The Morgan fingerprint density at radius 1 is 1.16 bits per heavy atom. The summed E-state index contributed by atoms with van der Waals surface area (Å²) in [7, 11) is 0. The highest BCUT2D eigenvalue weighted by Gasteiger charge is 2.07. The molecule has 19 heavy (non-hydrogen) atoms. The number of nitrogens with zero attached hydrogens (tertiary/aromatic N) is 3. The fourth-order valence-electron chi connectivity index (χ4n) is 2.42. The summed E-state index contributed by atoms with van der Waals surface area (Å²) in [6, 6.07) is 8.26. The average Bonchev–Trinajstić information content (AvgIpc) is 3.02. The molecule has 4 rings (SSSR count). The van der Waals surface area contributed by atoms with Gasteiger partial charge in [0.15, 0.2) is 0 Å². The van der Waals surface area contributed by atoms with Gasteiger partial charge in [-0.2, -0.15) is 0 Å². The van der Waals surface area contributed by atoms with E-state index in [2.05, 4.69) is 33.3 Å². The molecule has 0 aromatic carbocycles. The maximum absolute atomic E-state index is 4.50. The molecule has 4 nitrogen and oxygen atoms in total. The van der Waals surface area contributed by atoms with Gasteiger partial charge in [-0.3, -0.25) is 0 Å². The minimum atomic E-state index is 0.931. The number of nitrogens with one attached hydrogen (secondary N) is 1. The van der Waals surface area contributed by atoms with Gasteiger partial charge < -0.3 is 9.38 Å². The smallest absolute Gasteiger partial charge is 0.138 e. The molecule has 4 aromatic rings. The van der Waals surface area contributed by atoms with Crippen molar-refractivity contribution in [1.29, 1.82) is 0 Å². The molecule has 0 aliphatic rings. The SMILES string of the molecule is Cc1ccc2c(-c3ccc4nccn4c3)c[nH]c2n1. The molecule has 0 spiro atoms. The van der Waals surface area contributed by atoms with E-state index in [1.165, 1.54) is 0 Å². The first-order valence-electron chi connectivity index (χ1n) is 6.19. The predicted molar refractivity (Wildman–Crippen MR) is 75.0 cm³/mol. The summed E-state index contributed by atoms with van der Waals surface area (Å²) in [5.74, 6) is 0. The highest BCUT2D eigenvalue weighted by molar-refractivity contribution is 5.93. The Hall–Kier alpha value is -2.62. The van der Waals surface area contributed by atoms with Crippen molar-refractivity contribution in [3.05, 3.63) is 54.7 Å². The minimum absolute atomic E-state index is 0.931. The van der Waals surface area contributed by atoms with Crippen molar-refractivity contribution in [2.45, 2.75) is 6.92 Å². The van der Waals surface area contributed by atoms with Gasteiger partial charge in [-0.25, -0.2) is 9.97 Å². The van der Waals surface area contributed by atoms with Crippen molar-refractivity contribution in [1.82, 2.24) is 19.4 Å². The Labute approximate surface area is 109 Å². The average molecular weight is 248 g/mol. The number of imidazole rings is 1. The standard InChI is InChI=1S/C15H12N4/c1-10-2-4-12-13(8-17-15(12)18-10)11-3-5-14-16-6-7-19(14)9-11/h2-9H,1H3,(H,17,18). The largest absolute Gasteiger partial charge is 0.346 e. The lowest BCUT2D eigenvalue weighted by Crippen LogP contribution is -1.85. The highest BCUT2D eigenvalue weighted by Crippen LogP contribution is 2.27. The maximum Gasteiger partial charge on any atom is 0.138 e. The molecule has 0 unspecified atom stereocenters. The summed E-state index contributed by atoms with van der Waals surface area (Å²) in [5.41, 5.74) is 5.23. The van der Waals surface area contributed by atoms with E-state index < -0.39 is 0 Å². The van der Waals surface area contributed by atoms with Gasteiger partial charge in [0.1, 0.15) is 11.3 Å². The molecule has 0 radical (unpaired) electrons. The Balaban J connectivity index is 1.97. The number of hydrogen-bond donors (Lipinski definition) is 1. The van der Waals surface area contributed by atoms with Crippen molar-refractivity contribution in [3.8, 4) is 11.1 Å². The number of fused-ring (bicyclic) bond motifs is 2. The van der Waals surface area contributed by atoms with Crippen molar-refractivity contribution in [3.63, 3.8) is 0 Å². The second kappa shape index (κ2) is 3.68. The van der Waals surface area contributed by atoms with Gasteiger partial charge in [-0.15, -0.1) is 0 Å². The van der Waals surface area contributed by atoms with Crippen LogP contribution in [-0.4, -0.2) is 19.4 Å². The first-order valence-corrected chi connectivity index (χ1v) is 6.19. The molecular weight excluding hydrogens is 236 g/mol. The van der Waals surface area contributed by atoms with Crippen LogP contribution in [0.3, 0.4) is 0 Å². The fraction of sp³-hybridized carbons (Fsp3) is 0.0667. The molecule has 4 aromatic heterocycles. The Morgan fingerprint density at radius 2 is 2.11 bits per heavy atom. The van der Waals surface area contributed by atoms with E-state index in [4.69, 9.17) is 0 Å². The molecule has 4 heterocycles. The summed E-state index contributed by atoms with van der Waals surface area (Å²) < 4.78 is 2.02. The summed E-state index contributed by atoms with van der Waals surface area (Å²) in [4.78, 5) is 12.0. The first kappa shape index (κ1) is 10.3. The van der Waals surface area contributed by atoms with Crippen LogP contribution < -0.4 is 0 Å². The Bertz CT molecular complexity index is 885. The number of rotatable bonds is 1. The monoisotopic (exact) mass is 248 g/mol. The zero-order chi connectivity index (χ0) is 12.8. The van der Waals surface area contributed by atoms with Gasteiger partial charge in [0.25, 0.3) is 0 Å². The van der Waals surface area contributed by atoms with E-state index in [9.17, 15) is 0 Å². The van der Waals surface area contributed by atoms with Crippen LogP contribution in [-0.2, 0) is 0 Å². The van der Waals surface area contributed by atoms with Crippen LogP contribution >= 0.6 is 0 Å². The third kappa shape index (κ3) is 1.53. The lowest BCUT2D eigenvalue weighted by atomic mass is 10.1. The van der Waals surface area contributed by atoms with Crippen molar-refractivity contribution in [2.75, 3.05) is 0 Å². The van der Waals surface area contributed by atoms with Crippen LogP contribution in [0.25, 0.3) is 27.8 Å². The Morgan fingerprint density at radius 3 is 3.05 bits per heavy atom. The molecule has 0 aliphatic carbocycles. The summed E-state index contributed by atoms with van der Waals surface area (Å²) in [6.45, 7) is 2.00. The number of pyridine rings is 2. The van der Waals surface area contributed by atoms with Gasteiger partial charge in [0, 0.05) is 47.0 Å². The summed E-state index contributed by atoms with van der Waals surface area (Å²) in [5, 5.41) is 1.14. The van der Waals surface area contributed by atoms with Gasteiger partial charge in [0.2, 0.25) is 0 Å². The second-order valence-corrected chi connectivity index (χ2v) is 4.66. The van der Waals surface area contributed by atoms with Crippen LogP contribution in [0.1, 0.15) is 5.69 Å². The van der Waals surface area contributed by atoms with E-state index in [0.717, 1.165) is 33.5 Å². The minimum Gasteiger partial charge on any atom is -0.346 e. The van der Waals surface area contributed by atoms with E-state index in [0.29, 0.717) is 0 Å². The molecular formula is C15H12N4. The topological polar surface area (TPSA) is 46.0 Å². The summed E-state index contributed by atoms with van der Waals surface area (Å²) >= 11 is 0. The lowest BCUT2D eigenvalue weighted by Gasteiger charge is -2.01. The van der Waals surface area contributed by atoms with Crippen molar-refractivity contribution in [2.24, 2.45) is 0 Å². The first-order chi connectivity index (χ1) is 9.31. The van der Waals surface area contributed by atoms with Crippen LogP contribution in [0.2, 0.25) is 0 Å².